The highest BCUT2D eigenvalue weighted by Crippen LogP contribution is 1.96. The quantitative estimate of drug-likeness (QED) is 0.471. The van der Waals surface area contributed by atoms with E-state index in [0.717, 1.165) is 0 Å². The Labute approximate surface area is 59.3 Å². The molecule has 0 aliphatic heterocycles. The molecule has 0 fully saturated rings. The molecular weight excluding hydrogens is 157 g/mol. The number of aliphatic carboxylic acids is 1. The van der Waals surface area contributed by atoms with Gasteiger partial charge >= 0.3 is 5.97 Å². The molecule has 0 aliphatic rings. The monoisotopic (exact) mass is 167 g/mol. The van der Waals surface area contributed by atoms with Crippen LogP contribution in [0.1, 0.15) is 6.92 Å². The number of hydrogen-bond acceptors (Lipinski definition) is 3. The average molecular weight is 167 g/mol. The topological polar surface area (TPSA) is 86.6 Å². The van der Waals surface area contributed by atoms with Crippen molar-refractivity contribution in [2.75, 3.05) is 0 Å². The number of hydrogen-bond donors (Lipinski definition) is 3. The van der Waals surface area contributed by atoms with E-state index in [9.17, 15) is 9.36 Å². The Balaban J connectivity index is 3.97. The van der Waals surface area contributed by atoms with Crippen molar-refractivity contribution in [3.8, 4) is 0 Å². The number of rotatable bonds is 4. The average Bonchev–Trinajstić information content (AvgIpc) is 1.81. The third-order valence-electron chi connectivity index (χ3n) is 0.996. The van der Waals surface area contributed by atoms with Gasteiger partial charge in [-0.1, -0.05) is 0 Å². The molecule has 0 saturated heterocycles. The molecule has 0 aromatic carbocycles. The standard InChI is InChI=1S/C4H10NO4P/c1-2(6)3(4(7)8)5-10-9/h2-3,6H,10H2,1H3,(H,5,9)(H,7,8). The van der Waals surface area contributed by atoms with E-state index in [1.165, 1.54) is 6.92 Å². The van der Waals surface area contributed by atoms with Gasteiger partial charge in [-0.05, 0) is 6.92 Å². The zero-order valence-corrected chi connectivity index (χ0v) is 6.60. The summed E-state index contributed by atoms with van der Waals surface area (Å²) in [5, 5.41) is 19.2. The summed E-state index contributed by atoms with van der Waals surface area (Å²) in [6.07, 6.45) is -1.03. The summed E-state index contributed by atoms with van der Waals surface area (Å²) in [4.78, 5) is 10.2. The maximum atomic E-state index is 10.2. The summed E-state index contributed by atoms with van der Waals surface area (Å²) in [5.74, 6) is -1.20. The van der Waals surface area contributed by atoms with Crippen molar-refractivity contribution in [1.82, 2.24) is 5.09 Å². The molecule has 3 N–H and O–H groups in total. The van der Waals surface area contributed by atoms with Crippen molar-refractivity contribution >= 4 is 14.6 Å². The van der Waals surface area contributed by atoms with E-state index in [2.05, 4.69) is 5.09 Å². The minimum Gasteiger partial charge on any atom is -0.480 e. The van der Waals surface area contributed by atoms with E-state index >= 15 is 0 Å². The fourth-order valence-corrected chi connectivity index (χ4v) is 1.06. The molecule has 3 unspecified atom stereocenters. The smallest absolute Gasteiger partial charge is 0.323 e. The zero-order valence-electron chi connectivity index (χ0n) is 5.44. The predicted molar refractivity (Wildman–Crippen MR) is 36.6 cm³/mol. The first-order valence-corrected chi connectivity index (χ1v) is 3.75. The Kier molecular flexibility index (Phi) is 4.27. The molecule has 6 heteroatoms. The lowest BCUT2D eigenvalue weighted by atomic mass is 10.2. The van der Waals surface area contributed by atoms with E-state index in [0.29, 0.717) is 0 Å². The summed E-state index contributed by atoms with van der Waals surface area (Å²) in [7, 11) is -1.34. The van der Waals surface area contributed by atoms with Crippen molar-refractivity contribution in [3.05, 3.63) is 0 Å². The van der Waals surface area contributed by atoms with Crippen molar-refractivity contribution in [2.45, 2.75) is 19.1 Å². The number of nitrogens with one attached hydrogen (secondary N) is 1. The van der Waals surface area contributed by atoms with E-state index < -0.39 is 26.7 Å². The SMILES string of the molecule is CC(O)C(N[PH2]=O)C(=O)O. The molecule has 10 heavy (non-hydrogen) atoms. The van der Waals surface area contributed by atoms with Crippen LogP contribution in [0.4, 0.5) is 0 Å². The third-order valence-corrected chi connectivity index (χ3v) is 1.49. The fourth-order valence-electron chi connectivity index (χ4n) is 0.490. The second-order valence-corrected chi connectivity index (χ2v) is 2.41. The van der Waals surface area contributed by atoms with Gasteiger partial charge in [0.15, 0.2) is 0 Å². The maximum Gasteiger partial charge on any atom is 0.323 e. The van der Waals surface area contributed by atoms with Gasteiger partial charge in [-0.3, -0.25) is 9.88 Å². The highest BCUT2D eigenvalue weighted by atomic mass is 31.1. The molecule has 0 spiro atoms. The molecule has 0 heterocycles. The number of carboxylic acid groups (broad SMARTS) is 1. The molecule has 0 saturated carbocycles. The highest BCUT2D eigenvalue weighted by Gasteiger charge is 2.20. The predicted octanol–water partition coefficient (Wildman–Crippen LogP) is -0.919. The second kappa shape index (κ2) is 4.44. The molecule has 0 radical (unpaired) electrons. The van der Waals surface area contributed by atoms with Gasteiger partial charge in [0.2, 0.25) is 0 Å². The lowest BCUT2D eigenvalue weighted by Crippen LogP contribution is -2.40. The first-order chi connectivity index (χ1) is 4.59. The van der Waals surface area contributed by atoms with E-state index in [4.69, 9.17) is 10.2 Å². The van der Waals surface area contributed by atoms with Crippen LogP contribution in [-0.2, 0) is 9.36 Å². The summed E-state index contributed by atoms with van der Waals surface area (Å²) in [5.41, 5.74) is 0. The van der Waals surface area contributed by atoms with E-state index in [1.807, 2.05) is 0 Å². The molecular formula is C4H10NO4P. The van der Waals surface area contributed by atoms with Crippen LogP contribution in [0.25, 0.3) is 0 Å². The minimum absolute atomic E-state index is 1.03. The summed E-state index contributed by atoms with van der Waals surface area (Å²) < 4.78 is 9.95. The van der Waals surface area contributed by atoms with Crippen molar-refractivity contribution in [2.24, 2.45) is 0 Å². The Morgan fingerprint density at radius 2 is 2.20 bits per heavy atom. The summed E-state index contributed by atoms with van der Waals surface area (Å²) in [6.45, 7) is 1.32. The minimum atomic E-state index is -1.34. The Morgan fingerprint density at radius 1 is 1.70 bits per heavy atom. The molecule has 3 atom stereocenters. The molecule has 0 amide bonds. The van der Waals surface area contributed by atoms with Crippen LogP contribution in [0.2, 0.25) is 0 Å². The third kappa shape index (κ3) is 2.96. The summed E-state index contributed by atoms with van der Waals surface area (Å²) >= 11 is 0. The van der Waals surface area contributed by atoms with Crippen LogP contribution in [0.5, 0.6) is 0 Å². The summed E-state index contributed by atoms with van der Waals surface area (Å²) in [6, 6.07) is -1.12. The number of aliphatic hydroxyl groups is 1. The Morgan fingerprint density at radius 3 is 2.30 bits per heavy atom. The van der Waals surface area contributed by atoms with E-state index in [-0.39, 0.29) is 0 Å². The molecule has 0 aromatic rings. The molecule has 60 valence electrons. The van der Waals surface area contributed by atoms with Gasteiger partial charge in [0.1, 0.15) is 14.7 Å². The van der Waals surface area contributed by atoms with Crippen molar-refractivity contribution < 1.29 is 19.6 Å². The van der Waals surface area contributed by atoms with Crippen molar-refractivity contribution in [1.29, 1.82) is 0 Å². The van der Waals surface area contributed by atoms with Gasteiger partial charge < -0.3 is 14.8 Å². The molecule has 5 nitrogen and oxygen atoms in total. The molecule has 0 aliphatic carbocycles. The van der Waals surface area contributed by atoms with Gasteiger partial charge in [0, 0.05) is 0 Å². The largest absolute Gasteiger partial charge is 0.480 e. The lowest BCUT2D eigenvalue weighted by molar-refractivity contribution is -0.141. The van der Waals surface area contributed by atoms with Gasteiger partial charge in [0.25, 0.3) is 0 Å². The van der Waals surface area contributed by atoms with Crippen LogP contribution in [0.15, 0.2) is 0 Å². The second-order valence-electron chi connectivity index (χ2n) is 1.84. The molecule has 0 rings (SSSR count). The molecule has 0 bridgehead atoms. The van der Waals surface area contributed by atoms with Crippen molar-refractivity contribution in [3.63, 3.8) is 0 Å². The van der Waals surface area contributed by atoms with Gasteiger partial charge in [-0.2, -0.15) is 0 Å². The fraction of sp³-hybridized carbons (Fsp3) is 0.750. The zero-order chi connectivity index (χ0) is 8.15. The number of carbonyl (C=O) groups is 1. The first kappa shape index (κ1) is 9.62. The Bertz CT molecular complexity index is 137. The molecule has 0 aromatic heterocycles. The van der Waals surface area contributed by atoms with E-state index in [1.54, 1.807) is 0 Å². The van der Waals surface area contributed by atoms with Crippen LogP contribution in [0, 0.1) is 0 Å². The van der Waals surface area contributed by atoms with Crippen LogP contribution >= 0.6 is 8.61 Å². The maximum absolute atomic E-state index is 10.2. The number of aliphatic hydroxyl groups excluding tert-OH is 1. The normalized spacial score (nSPS) is 17.4. The lowest BCUT2D eigenvalue weighted by Gasteiger charge is -2.12. The van der Waals surface area contributed by atoms with Gasteiger partial charge in [-0.25, -0.2) is 0 Å². The first-order valence-electron chi connectivity index (χ1n) is 2.70. The van der Waals surface area contributed by atoms with Crippen LogP contribution < -0.4 is 5.09 Å². The van der Waals surface area contributed by atoms with Gasteiger partial charge in [-0.15, -0.1) is 0 Å². The Hall–Kier alpha value is -0.380. The van der Waals surface area contributed by atoms with Crippen LogP contribution in [-0.4, -0.2) is 28.3 Å². The van der Waals surface area contributed by atoms with Crippen LogP contribution in [0.3, 0.4) is 0 Å². The highest BCUT2D eigenvalue weighted by molar-refractivity contribution is 7.21. The number of carboxylic acids is 1. The van der Waals surface area contributed by atoms with Gasteiger partial charge in [0.05, 0.1) is 6.10 Å².